The third kappa shape index (κ3) is 2.53. The third-order valence-electron chi connectivity index (χ3n) is 2.84. The van der Waals surface area contributed by atoms with E-state index in [9.17, 15) is 9.59 Å². The summed E-state index contributed by atoms with van der Waals surface area (Å²) >= 11 is 1.54. The van der Waals surface area contributed by atoms with Crippen LogP contribution in [0.4, 0.5) is 0 Å². The highest BCUT2D eigenvalue weighted by Gasteiger charge is 2.27. The largest absolute Gasteiger partial charge is 0.462 e. The summed E-state index contributed by atoms with van der Waals surface area (Å²) in [4.78, 5) is 23.3. The Labute approximate surface area is 116 Å². The molecule has 0 radical (unpaired) electrons. The Bertz CT molecular complexity index is 560. The number of carbonyl (C=O) groups excluding carboxylic acids is 2. The SMILES string of the molecule is CCOC(=O)c1c(C)cn2c1SC/C2=C\C(=O)NC. The highest BCUT2D eigenvalue weighted by molar-refractivity contribution is 8.00. The first-order chi connectivity index (χ1) is 9.08. The normalized spacial score (nSPS) is 15.4. The molecule has 1 aromatic rings. The fourth-order valence-corrected chi connectivity index (χ4v) is 3.16. The van der Waals surface area contributed by atoms with Crippen molar-refractivity contribution in [3.63, 3.8) is 0 Å². The first-order valence-electron chi connectivity index (χ1n) is 6.03. The average Bonchev–Trinajstić information content (AvgIpc) is 2.88. The van der Waals surface area contributed by atoms with Crippen LogP contribution in [0.5, 0.6) is 0 Å². The van der Waals surface area contributed by atoms with Crippen LogP contribution >= 0.6 is 11.8 Å². The van der Waals surface area contributed by atoms with Gasteiger partial charge in [0.1, 0.15) is 0 Å². The molecule has 102 valence electrons. The lowest BCUT2D eigenvalue weighted by Crippen LogP contribution is -2.15. The molecular formula is C13H16N2O3S. The molecular weight excluding hydrogens is 264 g/mol. The Morgan fingerprint density at radius 2 is 2.32 bits per heavy atom. The Morgan fingerprint density at radius 1 is 1.58 bits per heavy atom. The van der Waals surface area contributed by atoms with Gasteiger partial charge in [-0.3, -0.25) is 4.79 Å². The van der Waals surface area contributed by atoms with E-state index in [0.717, 1.165) is 16.3 Å². The molecule has 1 N–H and O–H groups in total. The summed E-state index contributed by atoms with van der Waals surface area (Å²) in [6.45, 7) is 4.01. The fourth-order valence-electron chi connectivity index (χ4n) is 1.96. The molecule has 1 aliphatic rings. The van der Waals surface area contributed by atoms with E-state index in [4.69, 9.17) is 4.74 Å². The number of hydrogen-bond donors (Lipinski definition) is 1. The first-order valence-corrected chi connectivity index (χ1v) is 7.01. The van der Waals surface area contributed by atoms with Crippen LogP contribution in [-0.4, -0.2) is 35.9 Å². The predicted octanol–water partition coefficient (Wildman–Crippen LogP) is 1.67. The Balaban J connectivity index is 2.39. The van der Waals surface area contributed by atoms with Crippen molar-refractivity contribution in [2.75, 3.05) is 19.4 Å². The van der Waals surface area contributed by atoms with Crippen LogP contribution in [0.15, 0.2) is 17.3 Å². The van der Waals surface area contributed by atoms with Crippen LogP contribution in [-0.2, 0) is 9.53 Å². The second-order valence-corrected chi connectivity index (χ2v) is 5.09. The van der Waals surface area contributed by atoms with Crippen LogP contribution in [0.1, 0.15) is 22.8 Å². The predicted molar refractivity (Wildman–Crippen MR) is 74.2 cm³/mol. The molecule has 0 aromatic carbocycles. The van der Waals surface area contributed by atoms with Crippen molar-refractivity contribution in [1.82, 2.24) is 9.88 Å². The van der Waals surface area contributed by atoms with Gasteiger partial charge in [0.25, 0.3) is 0 Å². The van der Waals surface area contributed by atoms with E-state index >= 15 is 0 Å². The van der Waals surface area contributed by atoms with Crippen LogP contribution in [0.3, 0.4) is 0 Å². The van der Waals surface area contributed by atoms with Gasteiger partial charge in [0, 0.05) is 30.8 Å². The highest BCUT2D eigenvalue weighted by Crippen LogP contribution is 2.38. The van der Waals surface area contributed by atoms with E-state index < -0.39 is 0 Å². The molecule has 0 fully saturated rings. The van der Waals surface area contributed by atoms with Crippen molar-refractivity contribution in [2.24, 2.45) is 0 Å². The minimum absolute atomic E-state index is 0.146. The summed E-state index contributed by atoms with van der Waals surface area (Å²) in [6, 6.07) is 0. The van der Waals surface area contributed by atoms with Gasteiger partial charge in [0.2, 0.25) is 5.91 Å². The van der Waals surface area contributed by atoms with Crippen LogP contribution in [0.2, 0.25) is 0 Å². The molecule has 1 aromatic heterocycles. The zero-order valence-corrected chi connectivity index (χ0v) is 12.0. The highest BCUT2D eigenvalue weighted by atomic mass is 32.2. The summed E-state index contributed by atoms with van der Waals surface area (Å²) in [5.41, 5.74) is 2.34. The molecule has 1 aliphatic heterocycles. The quantitative estimate of drug-likeness (QED) is 0.676. The van der Waals surface area contributed by atoms with Crippen LogP contribution in [0.25, 0.3) is 5.70 Å². The number of fused-ring (bicyclic) bond motifs is 1. The number of esters is 1. The lowest BCUT2D eigenvalue weighted by atomic mass is 10.2. The number of ether oxygens (including phenoxy) is 1. The first kappa shape index (κ1) is 13.7. The molecule has 0 atom stereocenters. The summed E-state index contributed by atoms with van der Waals surface area (Å²) in [5, 5.41) is 3.41. The number of aromatic nitrogens is 1. The van der Waals surface area contributed by atoms with Crippen LogP contribution in [0, 0.1) is 6.92 Å². The smallest absolute Gasteiger partial charge is 0.341 e. The van der Waals surface area contributed by atoms with E-state index in [1.807, 2.05) is 17.7 Å². The molecule has 2 rings (SSSR count). The van der Waals surface area contributed by atoms with Gasteiger partial charge in [-0.15, -0.1) is 11.8 Å². The Morgan fingerprint density at radius 3 is 2.95 bits per heavy atom. The number of carbonyl (C=O) groups is 2. The van der Waals surface area contributed by atoms with Crippen molar-refractivity contribution in [3.05, 3.63) is 23.4 Å². The molecule has 0 aliphatic carbocycles. The van der Waals surface area contributed by atoms with Crippen molar-refractivity contribution in [2.45, 2.75) is 18.9 Å². The van der Waals surface area contributed by atoms with Crippen molar-refractivity contribution >= 4 is 29.3 Å². The van der Waals surface area contributed by atoms with Gasteiger partial charge in [0.15, 0.2) is 0 Å². The maximum Gasteiger partial charge on any atom is 0.341 e. The third-order valence-corrected chi connectivity index (χ3v) is 3.95. The molecule has 0 saturated carbocycles. The maximum absolute atomic E-state index is 11.9. The Hall–Kier alpha value is -1.69. The molecule has 1 amide bonds. The molecule has 0 saturated heterocycles. The van der Waals surface area contributed by atoms with Gasteiger partial charge in [-0.25, -0.2) is 4.79 Å². The van der Waals surface area contributed by atoms with E-state index in [-0.39, 0.29) is 11.9 Å². The molecule has 0 spiro atoms. The summed E-state index contributed by atoms with van der Waals surface area (Å²) in [7, 11) is 1.59. The number of thioether (sulfide) groups is 1. The summed E-state index contributed by atoms with van der Waals surface area (Å²) < 4.78 is 6.96. The second-order valence-electron chi connectivity index (χ2n) is 4.12. The molecule has 19 heavy (non-hydrogen) atoms. The average molecular weight is 280 g/mol. The number of hydrogen-bond acceptors (Lipinski definition) is 4. The topological polar surface area (TPSA) is 60.3 Å². The maximum atomic E-state index is 11.9. The molecule has 0 unspecified atom stereocenters. The lowest BCUT2D eigenvalue weighted by molar-refractivity contribution is -0.116. The van der Waals surface area contributed by atoms with Crippen molar-refractivity contribution in [1.29, 1.82) is 0 Å². The van der Waals surface area contributed by atoms with E-state index in [2.05, 4.69) is 5.32 Å². The monoisotopic (exact) mass is 280 g/mol. The van der Waals surface area contributed by atoms with Gasteiger partial charge in [0.05, 0.1) is 17.2 Å². The van der Waals surface area contributed by atoms with Gasteiger partial charge >= 0.3 is 5.97 Å². The number of nitrogens with one attached hydrogen (secondary N) is 1. The van der Waals surface area contributed by atoms with Crippen molar-refractivity contribution < 1.29 is 14.3 Å². The summed E-state index contributed by atoms with van der Waals surface area (Å²) in [5.74, 6) is 0.227. The van der Waals surface area contributed by atoms with Gasteiger partial charge in [-0.2, -0.15) is 0 Å². The van der Waals surface area contributed by atoms with Gasteiger partial charge in [-0.1, -0.05) is 0 Å². The summed E-state index contributed by atoms with van der Waals surface area (Å²) in [6.07, 6.45) is 3.42. The molecule has 6 heteroatoms. The lowest BCUT2D eigenvalue weighted by Gasteiger charge is -2.02. The van der Waals surface area contributed by atoms with Crippen molar-refractivity contribution in [3.8, 4) is 0 Å². The fraction of sp³-hybridized carbons (Fsp3) is 0.385. The number of rotatable bonds is 3. The molecule has 0 bridgehead atoms. The molecule has 5 nitrogen and oxygen atoms in total. The van der Waals surface area contributed by atoms with Gasteiger partial charge < -0.3 is 14.6 Å². The van der Waals surface area contributed by atoms with Crippen LogP contribution < -0.4 is 5.32 Å². The minimum atomic E-state index is -0.303. The molecule has 2 heterocycles. The number of aryl methyl sites for hydroxylation is 1. The van der Waals surface area contributed by atoms with Gasteiger partial charge in [-0.05, 0) is 19.4 Å². The number of amides is 1. The zero-order valence-electron chi connectivity index (χ0n) is 11.1. The standard InChI is InChI=1S/C13H16N2O3S/c1-4-18-13(17)11-8(2)6-15-9(5-10(16)14-3)7-19-12(11)15/h5-6H,4,7H2,1-3H3,(H,14,16)/b9-5+. The number of likely N-dealkylation sites (N-methyl/N-ethyl adjacent to an activating group) is 1. The zero-order chi connectivity index (χ0) is 14.0. The Kier molecular flexibility index (Phi) is 3.99. The van der Waals surface area contributed by atoms with E-state index in [1.54, 1.807) is 31.8 Å². The number of nitrogens with zero attached hydrogens (tertiary/aromatic N) is 1. The van der Waals surface area contributed by atoms with E-state index in [0.29, 0.717) is 17.9 Å². The second kappa shape index (κ2) is 5.52. The minimum Gasteiger partial charge on any atom is -0.462 e. The van der Waals surface area contributed by atoms with E-state index in [1.165, 1.54) is 0 Å².